The molecular weight excluding hydrogens is 477 g/mol. The molecule has 35 heavy (non-hydrogen) atoms. The Morgan fingerprint density at radius 2 is 1.80 bits per heavy atom. The second kappa shape index (κ2) is 10.7. The Morgan fingerprint density at radius 1 is 1.11 bits per heavy atom. The Hall–Kier alpha value is -3.76. The topological polar surface area (TPSA) is 62.1 Å². The van der Waals surface area contributed by atoms with Crippen LogP contribution < -0.4 is 10.1 Å². The van der Waals surface area contributed by atoms with Gasteiger partial charge in [-0.2, -0.15) is 18.4 Å². The van der Waals surface area contributed by atoms with E-state index < -0.39 is 17.6 Å². The second-order valence-electron chi connectivity index (χ2n) is 8.06. The van der Waals surface area contributed by atoms with Crippen molar-refractivity contribution in [1.82, 2.24) is 0 Å². The highest BCUT2D eigenvalue weighted by atomic mass is 35.5. The van der Waals surface area contributed by atoms with Crippen LogP contribution in [-0.2, 0) is 17.4 Å². The maximum Gasteiger partial charge on any atom is 0.416 e. The molecular formula is C27H22ClF3N2O2. The first kappa shape index (κ1) is 25.9. The average Bonchev–Trinajstić information content (AvgIpc) is 2.77. The van der Waals surface area contributed by atoms with E-state index in [1.54, 1.807) is 18.2 Å². The Morgan fingerprint density at radius 3 is 2.40 bits per heavy atom. The van der Waals surface area contributed by atoms with Crippen LogP contribution in [0.4, 0.5) is 18.9 Å². The number of amides is 1. The van der Waals surface area contributed by atoms with Gasteiger partial charge in [0.15, 0.2) is 0 Å². The van der Waals surface area contributed by atoms with Gasteiger partial charge in [0.25, 0.3) is 5.91 Å². The summed E-state index contributed by atoms with van der Waals surface area (Å²) < 4.78 is 44.3. The first-order valence-electron chi connectivity index (χ1n) is 10.5. The number of rotatable bonds is 6. The summed E-state index contributed by atoms with van der Waals surface area (Å²) in [7, 11) is 1.50. The first-order chi connectivity index (χ1) is 16.5. The quantitative estimate of drug-likeness (QED) is 0.291. The Kier molecular flexibility index (Phi) is 7.88. The molecule has 0 aliphatic carbocycles. The minimum atomic E-state index is -4.55. The molecule has 0 aliphatic rings. The summed E-state index contributed by atoms with van der Waals surface area (Å²) in [4.78, 5) is 12.6. The van der Waals surface area contributed by atoms with Crippen molar-refractivity contribution in [3.05, 3.63) is 98.6 Å². The van der Waals surface area contributed by atoms with Crippen molar-refractivity contribution in [2.24, 2.45) is 0 Å². The number of aryl methyl sites for hydroxylation is 2. The van der Waals surface area contributed by atoms with E-state index >= 15 is 0 Å². The summed E-state index contributed by atoms with van der Waals surface area (Å²) in [6.07, 6.45) is -2.73. The lowest BCUT2D eigenvalue weighted by atomic mass is 9.98. The van der Waals surface area contributed by atoms with Crippen LogP contribution in [0, 0.1) is 25.2 Å². The summed E-state index contributed by atoms with van der Waals surface area (Å²) in [5, 5.41) is 12.2. The van der Waals surface area contributed by atoms with Gasteiger partial charge in [0.05, 0.1) is 12.7 Å². The van der Waals surface area contributed by atoms with E-state index in [2.05, 4.69) is 23.5 Å². The lowest BCUT2D eigenvalue weighted by Gasteiger charge is -2.13. The summed E-state index contributed by atoms with van der Waals surface area (Å²) in [5.41, 5.74) is 3.21. The molecule has 180 valence electrons. The van der Waals surface area contributed by atoms with Crippen molar-refractivity contribution in [3.63, 3.8) is 0 Å². The van der Waals surface area contributed by atoms with Crippen molar-refractivity contribution in [3.8, 4) is 11.8 Å². The zero-order chi connectivity index (χ0) is 25.8. The van der Waals surface area contributed by atoms with Crippen LogP contribution in [0.5, 0.6) is 5.75 Å². The van der Waals surface area contributed by atoms with E-state index in [4.69, 9.17) is 16.3 Å². The maximum atomic E-state index is 12.9. The number of alkyl halides is 3. The molecule has 3 aromatic rings. The molecule has 0 saturated carbocycles. The number of carbonyl (C=O) groups excluding carboxylic acids is 1. The third-order valence-electron chi connectivity index (χ3n) is 5.18. The van der Waals surface area contributed by atoms with Gasteiger partial charge in [0.2, 0.25) is 0 Å². The molecule has 3 rings (SSSR count). The largest absolute Gasteiger partial charge is 0.496 e. The third kappa shape index (κ3) is 6.65. The average molecular weight is 499 g/mol. The molecule has 0 aromatic heterocycles. The molecule has 0 atom stereocenters. The van der Waals surface area contributed by atoms with E-state index in [1.165, 1.54) is 25.3 Å². The summed E-state index contributed by atoms with van der Waals surface area (Å²) >= 11 is 6.54. The van der Waals surface area contributed by atoms with E-state index in [0.29, 0.717) is 22.8 Å². The van der Waals surface area contributed by atoms with Gasteiger partial charge in [-0.05, 0) is 61.4 Å². The highest BCUT2D eigenvalue weighted by Crippen LogP contribution is 2.33. The lowest BCUT2D eigenvalue weighted by Crippen LogP contribution is -2.14. The van der Waals surface area contributed by atoms with Gasteiger partial charge in [0, 0.05) is 22.7 Å². The standard InChI is InChI=1S/C27H22ClF3N2O2/c1-16-7-17(2)9-18(8-16)11-23-24(28)12-19(13-25(23)35-3)10-20(15-32)26(34)33-22-6-4-5-21(14-22)27(29,30)31/h4-10,12-14H,11H2,1-3H3,(H,33,34)/b20-10+. The monoisotopic (exact) mass is 498 g/mol. The fourth-order valence-electron chi connectivity index (χ4n) is 3.73. The van der Waals surface area contributed by atoms with E-state index in [1.807, 2.05) is 13.8 Å². The van der Waals surface area contributed by atoms with Gasteiger partial charge < -0.3 is 10.1 Å². The zero-order valence-corrected chi connectivity index (χ0v) is 20.0. The van der Waals surface area contributed by atoms with Crippen LogP contribution in [0.1, 0.15) is 33.4 Å². The molecule has 0 bridgehead atoms. The molecule has 0 aliphatic heterocycles. The number of hydrogen-bond donors (Lipinski definition) is 1. The molecule has 0 radical (unpaired) electrons. The van der Waals surface area contributed by atoms with Gasteiger partial charge in [-0.15, -0.1) is 0 Å². The minimum absolute atomic E-state index is 0.0783. The first-order valence-corrected chi connectivity index (χ1v) is 10.9. The molecule has 0 fully saturated rings. The number of carbonyl (C=O) groups is 1. The highest BCUT2D eigenvalue weighted by Gasteiger charge is 2.30. The molecule has 3 aromatic carbocycles. The molecule has 0 spiro atoms. The number of nitrogens with one attached hydrogen (secondary N) is 1. The van der Waals surface area contributed by atoms with Crippen LogP contribution in [0.2, 0.25) is 5.02 Å². The smallest absolute Gasteiger partial charge is 0.416 e. The van der Waals surface area contributed by atoms with Crippen molar-refractivity contribution in [2.45, 2.75) is 26.4 Å². The molecule has 0 unspecified atom stereocenters. The van der Waals surface area contributed by atoms with Crippen LogP contribution >= 0.6 is 11.6 Å². The van der Waals surface area contributed by atoms with Crippen molar-refractivity contribution < 1.29 is 22.7 Å². The Bertz CT molecular complexity index is 1320. The number of ether oxygens (including phenoxy) is 1. The predicted molar refractivity (Wildman–Crippen MR) is 130 cm³/mol. The number of nitriles is 1. The zero-order valence-electron chi connectivity index (χ0n) is 19.3. The minimum Gasteiger partial charge on any atom is -0.496 e. The van der Waals surface area contributed by atoms with E-state index in [0.717, 1.165) is 34.4 Å². The van der Waals surface area contributed by atoms with Crippen LogP contribution in [0.3, 0.4) is 0 Å². The number of hydrogen-bond acceptors (Lipinski definition) is 3. The predicted octanol–water partition coefficient (Wildman–Crippen LogP) is 7.12. The van der Waals surface area contributed by atoms with Gasteiger partial charge in [-0.3, -0.25) is 4.79 Å². The molecule has 1 amide bonds. The fraction of sp³-hybridized carbons (Fsp3) is 0.185. The van der Waals surface area contributed by atoms with Gasteiger partial charge in [-0.1, -0.05) is 47.0 Å². The van der Waals surface area contributed by atoms with Gasteiger partial charge >= 0.3 is 6.18 Å². The van der Waals surface area contributed by atoms with E-state index in [-0.39, 0.29) is 11.3 Å². The molecule has 0 heterocycles. The highest BCUT2D eigenvalue weighted by molar-refractivity contribution is 6.31. The maximum absolute atomic E-state index is 12.9. The Labute approximate surface area is 206 Å². The number of halogens is 4. The number of benzene rings is 3. The number of anilines is 1. The van der Waals surface area contributed by atoms with Gasteiger partial charge in [0.1, 0.15) is 17.4 Å². The Balaban J connectivity index is 1.89. The third-order valence-corrected chi connectivity index (χ3v) is 5.52. The fourth-order valence-corrected chi connectivity index (χ4v) is 4.02. The molecule has 8 heteroatoms. The molecule has 4 nitrogen and oxygen atoms in total. The van der Waals surface area contributed by atoms with Crippen LogP contribution in [-0.4, -0.2) is 13.0 Å². The normalized spacial score (nSPS) is 11.7. The summed E-state index contributed by atoms with van der Waals surface area (Å²) in [6.45, 7) is 4.02. The van der Waals surface area contributed by atoms with Crippen LogP contribution in [0.25, 0.3) is 6.08 Å². The number of nitrogens with zero attached hydrogens (tertiary/aromatic N) is 1. The van der Waals surface area contributed by atoms with Gasteiger partial charge in [-0.25, -0.2) is 0 Å². The molecule has 1 N–H and O–H groups in total. The SMILES string of the molecule is COc1cc(/C=C(\C#N)C(=O)Nc2cccc(C(F)(F)F)c2)cc(Cl)c1Cc1cc(C)cc(C)c1. The number of methoxy groups -OCH3 is 1. The second-order valence-corrected chi connectivity index (χ2v) is 8.47. The van der Waals surface area contributed by atoms with Crippen molar-refractivity contribution in [2.75, 3.05) is 12.4 Å². The van der Waals surface area contributed by atoms with Crippen LogP contribution in [0.15, 0.2) is 60.2 Å². The summed E-state index contributed by atoms with van der Waals surface area (Å²) in [5.74, 6) is -0.361. The van der Waals surface area contributed by atoms with Crippen molar-refractivity contribution >= 4 is 29.3 Å². The van der Waals surface area contributed by atoms with E-state index in [9.17, 15) is 23.2 Å². The molecule has 0 saturated heterocycles. The van der Waals surface area contributed by atoms with Crippen molar-refractivity contribution in [1.29, 1.82) is 5.26 Å². The summed E-state index contributed by atoms with van der Waals surface area (Å²) in [6, 6.07) is 15.4. The lowest BCUT2D eigenvalue weighted by molar-refractivity contribution is -0.137.